The lowest BCUT2D eigenvalue weighted by Crippen LogP contribution is -2.48. The van der Waals surface area contributed by atoms with Gasteiger partial charge in [-0.05, 0) is 11.5 Å². The molecule has 1 aliphatic heterocycles. The molecule has 7 nitrogen and oxygen atoms in total. The molecule has 4 atom stereocenters. The summed E-state index contributed by atoms with van der Waals surface area (Å²) in [4.78, 5) is 23.7. The second kappa shape index (κ2) is 7.94. The number of carbonyl (C=O) groups is 2. The summed E-state index contributed by atoms with van der Waals surface area (Å²) in [6, 6.07) is 9.26. The third kappa shape index (κ3) is 4.43. The number of amides is 2. The third-order valence-electron chi connectivity index (χ3n) is 4.01. The number of hydrogen-bond acceptors (Lipinski definition) is 5. The smallest absolute Gasteiger partial charge is 0.426 e. The topological polar surface area (TPSA) is 85.9 Å². The first-order chi connectivity index (χ1) is 11.0. The van der Waals surface area contributed by atoms with E-state index in [1.807, 2.05) is 44.2 Å². The maximum atomic E-state index is 12.1. The fraction of sp³-hybridized carbons (Fsp3) is 0.500. The Labute approximate surface area is 135 Å². The summed E-state index contributed by atoms with van der Waals surface area (Å²) in [6.45, 7) is 3.98. The maximum absolute atomic E-state index is 12.1. The highest BCUT2D eigenvalue weighted by Crippen LogP contribution is 2.32. The Bertz CT molecular complexity index is 537. The lowest BCUT2D eigenvalue weighted by Gasteiger charge is -2.15. The Morgan fingerprint density at radius 2 is 1.83 bits per heavy atom. The summed E-state index contributed by atoms with van der Waals surface area (Å²) in [6.07, 6.45) is -1.83. The first kappa shape index (κ1) is 17.2. The highest BCUT2D eigenvalue weighted by molar-refractivity contribution is 5.83. The van der Waals surface area contributed by atoms with Crippen LogP contribution in [0.2, 0.25) is 0 Å². The van der Waals surface area contributed by atoms with Gasteiger partial charge in [0.2, 0.25) is 0 Å². The maximum Gasteiger partial charge on any atom is 0.426 e. The number of rotatable bonds is 4. The predicted molar refractivity (Wildman–Crippen MR) is 81.9 cm³/mol. The highest BCUT2D eigenvalue weighted by atomic mass is 16.7. The van der Waals surface area contributed by atoms with Gasteiger partial charge in [0.25, 0.3) is 5.91 Å². The van der Waals surface area contributed by atoms with E-state index in [0.29, 0.717) is 0 Å². The summed E-state index contributed by atoms with van der Waals surface area (Å²) in [7, 11) is 1.54. The Morgan fingerprint density at radius 1 is 1.13 bits per heavy atom. The van der Waals surface area contributed by atoms with Gasteiger partial charge in [0, 0.05) is 13.0 Å². The van der Waals surface area contributed by atoms with Crippen molar-refractivity contribution >= 4 is 12.0 Å². The number of nitrogens with one attached hydrogen (secondary N) is 2. The molecule has 1 saturated heterocycles. The number of benzene rings is 1. The molecule has 7 heteroatoms. The Balaban J connectivity index is 1.75. The van der Waals surface area contributed by atoms with Crippen molar-refractivity contribution in [2.45, 2.75) is 32.8 Å². The molecule has 1 aliphatic rings. The van der Waals surface area contributed by atoms with Gasteiger partial charge < -0.3 is 14.2 Å². The molecule has 2 amide bonds. The molecule has 126 valence electrons. The summed E-state index contributed by atoms with van der Waals surface area (Å²) >= 11 is 0. The molecule has 0 aliphatic carbocycles. The molecule has 0 unspecified atom stereocenters. The number of hydrogen-bond donors (Lipinski definition) is 2. The molecular formula is C16H22N2O5. The molecule has 0 bridgehead atoms. The largest absolute Gasteiger partial charge is 0.443 e. The molecule has 0 radical (unpaired) electrons. The summed E-state index contributed by atoms with van der Waals surface area (Å²) in [5.41, 5.74) is 5.39. The Kier molecular flexibility index (Phi) is 5.95. The first-order valence-corrected chi connectivity index (χ1v) is 7.47. The third-order valence-corrected chi connectivity index (χ3v) is 4.01. The van der Waals surface area contributed by atoms with Crippen LogP contribution in [0.3, 0.4) is 0 Å². The van der Waals surface area contributed by atoms with Gasteiger partial charge in [0.1, 0.15) is 12.7 Å². The Morgan fingerprint density at radius 3 is 2.43 bits per heavy atom. The predicted octanol–water partition coefficient (Wildman–Crippen LogP) is 1.59. The fourth-order valence-electron chi connectivity index (χ4n) is 2.43. The SMILES string of the molecule is CO[C@@H]1O[C@H](C(=O)NNC(=O)OCc2ccccc2)[C@@H](C)[C@H]1C. The van der Waals surface area contributed by atoms with Crippen LogP contribution in [-0.4, -0.2) is 31.5 Å². The van der Waals surface area contributed by atoms with Gasteiger partial charge in [-0.3, -0.25) is 10.2 Å². The van der Waals surface area contributed by atoms with Crippen LogP contribution in [0.4, 0.5) is 4.79 Å². The van der Waals surface area contributed by atoms with Crippen molar-refractivity contribution in [3.05, 3.63) is 35.9 Å². The van der Waals surface area contributed by atoms with Gasteiger partial charge in [-0.2, -0.15) is 0 Å². The molecule has 0 saturated carbocycles. The molecule has 23 heavy (non-hydrogen) atoms. The molecule has 2 rings (SSSR count). The highest BCUT2D eigenvalue weighted by Gasteiger charge is 2.43. The van der Waals surface area contributed by atoms with E-state index < -0.39 is 24.4 Å². The van der Waals surface area contributed by atoms with E-state index >= 15 is 0 Å². The van der Waals surface area contributed by atoms with Crippen molar-refractivity contribution in [2.75, 3.05) is 7.11 Å². The van der Waals surface area contributed by atoms with Crippen LogP contribution in [0.15, 0.2) is 30.3 Å². The molecule has 1 fully saturated rings. The average Bonchev–Trinajstić information content (AvgIpc) is 2.87. The quantitative estimate of drug-likeness (QED) is 0.822. The zero-order valence-electron chi connectivity index (χ0n) is 13.4. The van der Waals surface area contributed by atoms with E-state index in [0.717, 1.165) is 5.56 Å². The van der Waals surface area contributed by atoms with Crippen molar-refractivity contribution in [3.8, 4) is 0 Å². The monoisotopic (exact) mass is 322 g/mol. The molecule has 1 aromatic rings. The van der Waals surface area contributed by atoms with Gasteiger partial charge in [-0.1, -0.05) is 44.2 Å². The number of methoxy groups -OCH3 is 1. The minimum absolute atomic E-state index is 0.0258. The lowest BCUT2D eigenvalue weighted by atomic mass is 9.93. The zero-order valence-corrected chi connectivity index (χ0v) is 13.4. The lowest BCUT2D eigenvalue weighted by molar-refractivity contribution is -0.153. The van der Waals surface area contributed by atoms with Crippen LogP contribution in [-0.2, 0) is 25.6 Å². The molecule has 1 heterocycles. The second-order valence-corrected chi connectivity index (χ2v) is 5.55. The van der Waals surface area contributed by atoms with Gasteiger partial charge in [-0.15, -0.1) is 0 Å². The zero-order chi connectivity index (χ0) is 16.8. The van der Waals surface area contributed by atoms with E-state index in [1.165, 1.54) is 7.11 Å². The van der Waals surface area contributed by atoms with E-state index in [-0.39, 0.29) is 18.4 Å². The van der Waals surface area contributed by atoms with Crippen LogP contribution in [0.25, 0.3) is 0 Å². The molecule has 2 N–H and O–H groups in total. The van der Waals surface area contributed by atoms with Gasteiger partial charge in [-0.25, -0.2) is 10.2 Å². The average molecular weight is 322 g/mol. The molecular weight excluding hydrogens is 300 g/mol. The first-order valence-electron chi connectivity index (χ1n) is 7.47. The summed E-state index contributed by atoms with van der Waals surface area (Å²) < 4.78 is 15.7. The number of ether oxygens (including phenoxy) is 3. The van der Waals surface area contributed by atoms with E-state index in [1.54, 1.807) is 0 Å². The van der Waals surface area contributed by atoms with Gasteiger partial charge in [0.05, 0.1) is 0 Å². The van der Waals surface area contributed by atoms with Crippen LogP contribution in [0.5, 0.6) is 0 Å². The fourth-order valence-corrected chi connectivity index (χ4v) is 2.43. The van der Waals surface area contributed by atoms with E-state index in [4.69, 9.17) is 14.2 Å². The standard InChI is InChI=1S/C16H22N2O5/c1-10-11(2)15(21-3)23-13(10)14(19)17-18-16(20)22-9-12-7-5-4-6-8-12/h4-8,10-11,13,15H,9H2,1-3H3,(H,17,19)(H,18,20)/t10-,11+,13-,15+/m0/s1. The minimum atomic E-state index is -0.732. The van der Waals surface area contributed by atoms with Crippen LogP contribution < -0.4 is 10.9 Å². The summed E-state index contributed by atoms with van der Waals surface area (Å²) in [5.74, 6) is -0.372. The van der Waals surface area contributed by atoms with Crippen molar-refractivity contribution in [2.24, 2.45) is 11.8 Å². The van der Waals surface area contributed by atoms with Crippen molar-refractivity contribution in [3.63, 3.8) is 0 Å². The van der Waals surface area contributed by atoms with Crippen LogP contribution in [0, 0.1) is 11.8 Å². The van der Waals surface area contributed by atoms with E-state index in [9.17, 15) is 9.59 Å². The normalized spacial score (nSPS) is 26.6. The number of hydrazine groups is 1. The molecule has 0 aromatic heterocycles. The van der Waals surface area contributed by atoms with Gasteiger partial charge >= 0.3 is 6.09 Å². The van der Waals surface area contributed by atoms with E-state index in [2.05, 4.69) is 10.9 Å². The molecule has 1 aromatic carbocycles. The van der Waals surface area contributed by atoms with Gasteiger partial charge in [0.15, 0.2) is 6.29 Å². The molecule has 0 spiro atoms. The number of carbonyl (C=O) groups excluding carboxylic acids is 2. The Hall–Kier alpha value is -2.12. The minimum Gasteiger partial charge on any atom is -0.443 e. The van der Waals surface area contributed by atoms with Crippen molar-refractivity contribution < 1.29 is 23.8 Å². The second-order valence-electron chi connectivity index (χ2n) is 5.55. The van der Waals surface area contributed by atoms with Crippen molar-refractivity contribution in [1.29, 1.82) is 0 Å². The van der Waals surface area contributed by atoms with Crippen LogP contribution >= 0.6 is 0 Å². The van der Waals surface area contributed by atoms with Crippen LogP contribution in [0.1, 0.15) is 19.4 Å². The summed E-state index contributed by atoms with van der Waals surface area (Å²) in [5, 5.41) is 0. The van der Waals surface area contributed by atoms with Crippen molar-refractivity contribution in [1.82, 2.24) is 10.9 Å².